The Morgan fingerprint density at radius 3 is 2.15 bits per heavy atom. The Morgan fingerprint density at radius 1 is 0.825 bits per heavy atom. The van der Waals surface area contributed by atoms with Crippen LogP contribution in [0.25, 0.3) is 0 Å². The van der Waals surface area contributed by atoms with Crippen molar-refractivity contribution in [2.75, 3.05) is 25.5 Å². The van der Waals surface area contributed by atoms with Gasteiger partial charge in [0.05, 0.1) is 13.2 Å². The van der Waals surface area contributed by atoms with Crippen LogP contribution in [0.1, 0.15) is 36.0 Å². The number of hydrogen-bond acceptors (Lipinski definition) is 13. The van der Waals surface area contributed by atoms with Gasteiger partial charge in [-0.25, -0.2) is 0 Å². The van der Waals surface area contributed by atoms with E-state index in [1.165, 1.54) is 0 Å². The third-order valence-electron chi connectivity index (χ3n) is 6.85. The maximum atomic E-state index is 12.4. The fourth-order valence-electron chi connectivity index (χ4n) is 4.47. The monoisotopic (exact) mass is 573 g/mol. The van der Waals surface area contributed by atoms with Crippen LogP contribution < -0.4 is 16.4 Å². The molecule has 10 atom stereocenters. The summed E-state index contributed by atoms with van der Waals surface area (Å²) in [6.45, 7) is -0.997. The molecular formula is C25H39N3O12. The average molecular weight is 574 g/mol. The summed E-state index contributed by atoms with van der Waals surface area (Å²) in [4.78, 5) is 24.5. The van der Waals surface area contributed by atoms with Gasteiger partial charge in [-0.1, -0.05) is 6.42 Å². The van der Waals surface area contributed by atoms with E-state index in [-0.39, 0.29) is 12.3 Å². The van der Waals surface area contributed by atoms with E-state index in [2.05, 4.69) is 10.6 Å². The number of benzene rings is 1. The summed E-state index contributed by atoms with van der Waals surface area (Å²) >= 11 is 0. The lowest BCUT2D eigenvalue weighted by atomic mass is 9.96. The molecule has 40 heavy (non-hydrogen) atoms. The number of ether oxygens (including phenoxy) is 3. The van der Waals surface area contributed by atoms with Crippen LogP contribution >= 0.6 is 0 Å². The van der Waals surface area contributed by atoms with E-state index in [9.17, 15) is 45.3 Å². The Hall–Kier alpha value is -2.44. The first kappa shape index (κ1) is 32.1. The summed E-state index contributed by atoms with van der Waals surface area (Å²) in [5, 5.41) is 75.5. The maximum Gasteiger partial charge on any atom is 0.251 e. The minimum absolute atomic E-state index is 0.0726. The maximum absolute atomic E-state index is 12.4. The number of nitrogen functional groups attached to an aromatic ring is 1. The van der Waals surface area contributed by atoms with E-state index < -0.39 is 80.5 Å². The number of rotatable bonds is 12. The van der Waals surface area contributed by atoms with Gasteiger partial charge in [0.2, 0.25) is 5.91 Å². The van der Waals surface area contributed by atoms with Gasteiger partial charge >= 0.3 is 0 Å². The molecule has 2 amide bonds. The van der Waals surface area contributed by atoms with Gasteiger partial charge in [0.1, 0.15) is 48.8 Å². The van der Waals surface area contributed by atoms with E-state index in [0.717, 1.165) is 0 Å². The number of amides is 2. The first-order chi connectivity index (χ1) is 19.1. The van der Waals surface area contributed by atoms with Gasteiger partial charge in [0, 0.05) is 24.2 Å². The molecule has 2 aliphatic rings. The smallest absolute Gasteiger partial charge is 0.251 e. The van der Waals surface area contributed by atoms with Gasteiger partial charge in [-0.15, -0.1) is 0 Å². The van der Waals surface area contributed by atoms with Crippen LogP contribution in [0.15, 0.2) is 24.3 Å². The minimum Gasteiger partial charge on any atom is -0.399 e. The number of unbranched alkanes of at least 4 members (excludes halogenated alkanes) is 2. The van der Waals surface area contributed by atoms with Crippen LogP contribution in [0.3, 0.4) is 0 Å². The summed E-state index contributed by atoms with van der Waals surface area (Å²) in [6, 6.07) is 6.52. The van der Waals surface area contributed by atoms with Gasteiger partial charge in [-0.2, -0.15) is 0 Å². The molecule has 11 N–H and O–H groups in total. The van der Waals surface area contributed by atoms with Crippen LogP contribution in [0.5, 0.6) is 0 Å². The van der Waals surface area contributed by atoms with Gasteiger partial charge in [0.25, 0.3) is 5.91 Å². The Balaban J connectivity index is 1.42. The topological polar surface area (TPSA) is 254 Å². The van der Waals surface area contributed by atoms with Crippen LogP contribution in [0.2, 0.25) is 0 Å². The number of aliphatic hydroxyl groups excluding tert-OH is 7. The molecule has 0 saturated carbocycles. The van der Waals surface area contributed by atoms with E-state index in [1.54, 1.807) is 24.3 Å². The summed E-state index contributed by atoms with van der Waals surface area (Å²) in [5.74, 6) is -0.709. The number of nitrogens with two attached hydrogens (primary N) is 1. The van der Waals surface area contributed by atoms with Crippen LogP contribution in [-0.2, 0) is 19.0 Å². The number of anilines is 1. The molecule has 0 unspecified atom stereocenters. The summed E-state index contributed by atoms with van der Waals surface area (Å²) in [6.07, 6.45) is -13.8. The standard InChI is InChI=1S/C25H39N3O12/c26-13-7-5-12(6-8-13)23(37)27-9-3-1-2-4-16(31)28-24-20(35)19(34)22(15(11-30)38-24)40-25-21(36)18(33)17(32)14(10-29)39-25/h5-8,14-15,17-22,24-25,29-30,32-36H,1-4,9-11,26H2,(H,27,37)(H,28,31)/t14-,15-,17+,18+,19-,20-,21-,22-,24-,25+/m1/s1. The third-order valence-corrected chi connectivity index (χ3v) is 6.85. The summed E-state index contributed by atoms with van der Waals surface area (Å²) < 4.78 is 16.3. The number of hydrogen-bond donors (Lipinski definition) is 10. The molecule has 0 radical (unpaired) electrons. The van der Waals surface area contributed by atoms with E-state index in [1.807, 2.05) is 0 Å². The molecule has 0 spiro atoms. The predicted octanol–water partition coefficient (Wildman–Crippen LogP) is -3.70. The highest BCUT2D eigenvalue weighted by Crippen LogP contribution is 2.28. The van der Waals surface area contributed by atoms with E-state index in [0.29, 0.717) is 37.1 Å². The van der Waals surface area contributed by atoms with Crippen molar-refractivity contribution in [3.05, 3.63) is 29.8 Å². The first-order valence-corrected chi connectivity index (χ1v) is 13.1. The number of carbonyl (C=O) groups excluding carboxylic acids is 2. The molecule has 2 saturated heterocycles. The van der Waals surface area contributed by atoms with Gasteiger partial charge in [0.15, 0.2) is 12.5 Å². The molecular weight excluding hydrogens is 534 g/mol. The highest BCUT2D eigenvalue weighted by molar-refractivity contribution is 5.94. The van der Waals surface area contributed by atoms with Crippen molar-refractivity contribution in [2.45, 2.75) is 87.0 Å². The molecule has 2 aliphatic heterocycles. The van der Waals surface area contributed by atoms with Crippen molar-refractivity contribution in [3.63, 3.8) is 0 Å². The molecule has 0 aromatic heterocycles. The highest BCUT2D eigenvalue weighted by Gasteiger charge is 2.50. The molecule has 2 heterocycles. The zero-order valence-electron chi connectivity index (χ0n) is 21.8. The first-order valence-electron chi connectivity index (χ1n) is 13.1. The van der Waals surface area contributed by atoms with Gasteiger partial charge in [-0.05, 0) is 37.1 Å². The molecule has 15 nitrogen and oxygen atoms in total. The fraction of sp³-hybridized carbons (Fsp3) is 0.680. The fourth-order valence-corrected chi connectivity index (χ4v) is 4.47. The largest absolute Gasteiger partial charge is 0.399 e. The van der Waals surface area contributed by atoms with Crippen LogP contribution in [-0.4, -0.2) is 129 Å². The Labute approximate surface area is 230 Å². The molecule has 1 aromatic rings. The molecule has 0 bridgehead atoms. The van der Waals surface area contributed by atoms with E-state index in [4.69, 9.17) is 19.9 Å². The number of carbonyl (C=O) groups is 2. The summed E-state index contributed by atoms with van der Waals surface area (Å²) in [5.41, 5.74) is 6.65. The van der Waals surface area contributed by atoms with Crippen molar-refractivity contribution in [3.8, 4) is 0 Å². The second-order valence-corrected chi connectivity index (χ2v) is 9.81. The van der Waals surface area contributed by atoms with Crippen molar-refractivity contribution in [2.24, 2.45) is 0 Å². The van der Waals surface area contributed by atoms with E-state index >= 15 is 0 Å². The lowest BCUT2D eigenvalue weighted by Crippen LogP contribution is -2.66. The molecule has 3 rings (SSSR count). The Kier molecular flexibility index (Phi) is 12.0. The second kappa shape index (κ2) is 15.0. The number of aliphatic hydroxyl groups is 7. The lowest BCUT2D eigenvalue weighted by molar-refractivity contribution is -0.343. The van der Waals surface area contributed by atoms with Crippen molar-refractivity contribution in [1.82, 2.24) is 10.6 Å². The second-order valence-electron chi connectivity index (χ2n) is 9.81. The van der Waals surface area contributed by atoms with Gasteiger partial charge < -0.3 is 66.3 Å². The van der Waals surface area contributed by atoms with Crippen molar-refractivity contribution < 1.29 is 59.5 Å². The third kappa shape index (κ3) is 8.07. The van der Waals surface area contributed by atoms with Crippen molar-refractivity contribution >= 4 is 17.5 Å². The van der Waals surface area contributed by atoms with Crippen molar-refractivity contribution in [1.29, 1.82) is 0 Å². The highest BCUT2D eigenvalue weighted by atomic mass is 16.7. The zero-order chi connectivity index (χ0) is 29.4. The normalized spacial score (nSPS) is 34.3. The Bertz CT molecular complexity index is 949. The SMILES string of the molecule is Nc1ccc(C(=O)NCCCCCC(=O)N[C@@H]2O[C@H](CO)[C@@H](O[C@@H]3O[C@H](CO)[C@H](O)[C@H](O)[C@H]3O)[C@H](O)[C@H]2O)cc1. The Morgan fingerprint density at radius 2 is 1.50 bits per heavy atom. The molecule has 0 aliphatic carbocycles. The molecule has 226 valence electrons. The van der Waals surface area contributed by atoms with Crippen LogP contribution in [0.4, 0.5) is 5.69 Å². The average Bonchev–Trinajstić information content (AvgIpc) is 2.94. The summed E-state index contributed by atoms with van der Waals surface area (Å²) in [7, 11) is 0. The van der Waals surface area contributed by atoms with Gasteiger partial charge in [-0.3, -0.25) is 9.59 Å². The predicted molar refractivity (Wildman–Crippen MR) is 136 cm³/mol. The quantitative estimate of drug-likeness (QED) is 0.0854. The molecule has 1 aromatic carbocycles. The minimum atomic E-state index is -1.77. The van der Waals surface area contributed by atoms with Crippen LogP contribution in [0, 0.1) is 0 Å². The molecule has 15 heteroatoms. The zero-order valence-corrected chi connectivity index (χ0v) is 21.8. The lowest BCUT2D eigenvalue weighted by Gasteiger charge is -2.46. The molecule has 2 fully saturated rings. The number of nitrogens with one attached hydrogen (secondary N) is 2.